The standard InChI is InChI=1S/C17H13Cl2FN4O/c1-25-14-6-11(20)2-3-12(14)13-7-16(22-9-21-13)24-17-5-10(8-18)4-15(19)23-17/h2-7,9H,8H2,1H3,(H,21,22,23,24). The molecule has 0 fully saturated rings. The number of nitrogens with zero attached hydrogens (tertiary/aromatic N) is 3. The number of ether oxygens (including phenoxy) is 1. The maximum atomic E-state index is 13.4. The van der Waals surface area contributed by atoms with Gasteiger partial charge in [-0.3, -0.25) is 0 Å². The Hall–Kier alpha value is -2.44. The third-order valence-electron chi connectivity index (χ3n) is 3.37. The molecule has 0 saturated heterocycles. The van der Waals surface area contributed by atoms with Crippen LogP contribution in [0.25, 0.3) is 11.3 Å². The molecule has 128 valence electrons. The molecule has 2 aromatic heterocycles. The van der Waals surface area contributed by atoms with Crippen molar-refractivity contribution in [3.63, 3.8) is 0 Å². The zero-order valence-corrected chi connectivity index (χ0v) is 14.6. The van der Waals surface area contributed by atoms with Crippen LogP contribution in [-0.4, -0.2) is 22.1 Å². The van der Waals surface area contributed by atoms with Gasteiger partial charge in [0.25, 0.3) is 0 Å². The van der Waals surface area contributed by atoms with E-state index in [4.69, 9.17) is 27.9 Å². The van der Waals surface area contributed by atoms with Crippen LogP contribution in [0.15, 0.2) is 42.7 Å². The zero-order valence-electron chi connectivity index (χ0n) is 13.1. The van der Waals surface area contributed by atoms with Crippen molar-refractivity contribution in [1.82, 2.24) is 15.0 Å². The largest absolute Gasteiger partial charge is 0.496 e. The molecule has 0 amide bonds. The average Bonchev–Trinajstić information content (AvgIpc) is 2.61. The maximum Gasteiger partial charge on any atom is 0.135 e. The number of anilines is 2. The number of rotatable bonds is 5. The fourth-order valence-corrected chi connectivity index (χ4v) is 2.66. The molecule has 0 spiro atoms. The Balaban J connectivity index is 1.94. The Morgan fingerprint density at radius 2 is 1.96 bits per heavy atom. The highest BCUT2D eigenvalue weighted by Gasteiger charge is 2.10. The first kappa shape index (κ1) is 17.4. The molecule has 0 unspecified atom stereocenters. The Bertz CT molecular complexity index is 908. The van der Waals surface area contributed by atoms with Crippen LogP contribution in [-0.2, 0) is 5.88 Å². The summed E-state index contributed by atoms with van der Waals surface area (Å²) >= 11 is 11.8. The van der Waals surface area contributed by atoms with Crippen molar-refractivity contribution in [3.05, 3.63) is 59.3 Å². The van der Waals surface area contributed by atoms with Gasteiger partial charge >= 0.3 is 0 Å². The fraction of sp³-hybridized carbons (Fsp3) is 0.118. The van der Waals surface area contributed by atoms with Crippen LogP contribution in [0.2, 0.25) is 5.15 Å². The molecule has 0 radical (unpaired) electrons. The second-order valence-corrected chi connectivity index (χ2v) is 5.73. The van der Waals surface area contributed by atoms with E-state index in [1.165, 1.54) is 25.6 Å². The van der Waals surface area contributed by atoms with Crippen molar-refractivity contribution < 1.29 is 9.13 Å². The minimum Gasteiger partial charge on any atom is -0.496 e. The quantitative estimate of drug-likeness (QED) is 0.509. The van der Waals surface area contributed by atoms with Crippen LogP contribution in [0, 0.1) is 5.82 Å². The van der Waals surface area contributed by atoms with E-state index in [9.17, 15) is 4.39 Å². The Morgan fingerprint density at radius 1 is 1.12 bits per heavy atom. The second kappa shape index (κ2) is 7.63. The summed E-state index contributed by atoms with van der Waals surface area (Å²) in [5.74, 6) is 1.34. The summed E-state index contributed by atoms with van der Waals surface area (Å²) in [6, 6.07) is 9.42. The van der Waals surface area contributed by atoms with E-state index in [1.54, 1.807) is 24.3 Å². The molecule has 25 heavy (non-hydrogen) atoms. The van der Waals surface area contributed by atoms with Gasteiger partial charge in [-0.1, -0.05) is 11.6 Å². The molecule has 0 saturated carbocycles. The number of hydrogen-bond acceptors (Lipinski definition) is 5. The number of alkyl halides is 1. The lowest BCUT2D eigenvalue weighted by Crippen LogP contribution is -1.99. The van der Waals surface area contributed by atoms with Crippen molar-refractivity contribution in [3.8, 4) is 17.0 Å². The van der Waals surface area contributed by atoms with Crippen molar-refractivity contribution in [2.75, 3.05) is 12.4 Å². The normalized spacial score (nSPS) is 10.6. The highest BCUT2D eigenvalue weighted by atomic mass is 35.5. The smallest absolute Gasteiger partial charge is 0.135 e. The lowest BCUT2D eigenvalue weighted by molar-refractivity contribution is 0.413. The third kappa shape index (κ3) is 4.15. The molecule has 0 aliphatic carbocycles. The minimum atomic E-state index is -0.385. The SMILES string of the molecule is COc1cc(F)ccc1-c1cc(Nc2cc(CCl)cc(Cl)n2)ncn1. The molecule has 0 bridgehead atoms. The van der Waals surface area contributed by atoms with Gasteiger partial charge in [0.2, 0.25) is 0 Å². The monoisotopic (exact) mass is 378 g/mol. The summed E-state index contributed by atoms with van der Waals surface area (Å²) in [6.07, 6.45) is 1.40. The Labute approximate surface area is 153 Å². The van der Waals surface area contributed by atoms with Gasteiger partial charge in [0.15, 0.2) is 0 Å². The highest BCUT2D eigenvalue weighted by molar-refractivity contribution is 6.29. The van der Waals surface area contributed by atoms with Gasteiger partial charge in [-0.05, 0) is 29.8 Å². The van der Waals surface area contributed by atoms with Gasteiger partial charge < -0.3 is 10.1 Å². The minimum absolute atomic E-state index is 0.318. The van der Waals surface area contributed by atoms with Crippen LogP contribution in [0.3, 0.4) is 0 Å². The van der Waals surface area contributed by atoms with Gasteiger partial charge in [0.05, 0.1) is 12.8 Å². The molecule has 0 aliphatic heterocycles. The first-order chi connectivity index (χ1) is 12.1. The summed E-state index contributed by atoms with van der Waals surface area (Å²) in [5, 5.41) is 3.39. The molecule has 5 nitrogen and oxygen atoms in total. The highest BCUT2D eigenvalue weighted by Crippen LogP contribution is 2.30. The van der Waals surface area contributed by atoms with Crippen molar-refractivity contribution in [1.29, 1.82) is 0 Å². The van der Waals surface area contributed by atoms with Crippen molar-refractivity contribution >= 4 is 34.8 Å². The van der Waals surface area contributed by atoms with Gasteiger partial charge in [-0.15, -0.1) is 11.6 Å². The lowest BCUT2D eigenvalue weighted by Gasteiger charge is -2.10. The number of nitrogens with one attached hydrogen (secondary N) is 1. The molecule has 8 heteroatoms. The van der Waals surface area contributed by atoms with E-state index < -0.39 is 0 Å². The summed E-state index contributed by atoms with van der Waals surface area (Å²) in [4.78, 5) is 12.6. The molecule has 0 atom stereocenters. The fourth-order valence-electron chi connectivity index (χ4n) is 2.27. The van der Waals surface area contributed by atoms with Crippen molar-refractivity contribution in [2.45, 2.75) is 5.88 Å². The summed E-state index contributed by atoms with van der Waals surface area (Å²) in [6.45, 7) is 0. The van der Waals surface area contributed by atoms with Gasteiger partial charge in [-0.2, -0.15) is 0 Å². The Morgan fingerprint density at radius 3 is 2.72 bits per heavy atom. The molecule has 0 aliphatic rings. The van der Waals surface area contributed by atoms with E-state index in [-0.39, 0.29) is 5.82 Å². The van der Waals surface area contributed by atoms with Gasteiger partial charge in [0.1, 0.15) is 34.7 Å². The van der Waals surface area contributed by atoms with E-state index in [0.29, 0.717) is 39.7 Å². The predicted octanol–water partition coefficient (Wildman–Crippen LogP) is 4.82. The lowest BCUT2D eigenvalue weighted by atomic mass is 10.1. The van der Waals surface area contributed by atoms with Crippen LogP contribution < -0.4 is 10.1 Å². The number of methoxy groups -OCH3 is 1. The van der Waals surface area contributed by atoms with Crippen LogP contribution in [0.1, 0.15) is 5.56 Å². The number of halogens is 3. The van der Waals surface area contributed by atoms with Crippen LogP contribution >= 0.6 is 23.2 Å². The maximum absolute atomic E-state index is 13.4. The van der Waals surface area contributed by atoms with E-state index in [2.05, 4.69) is 20.3 Å². The second-order valence-electron chi connectivity index (χ2n) is 5.08. The summed E-state index contributed by atoms with van der Waals surface area (Å²) in [5.41, 5.74) is 2.06. The number of benzene rings is 1. The molecule has 3 aromatic rings. The Kier molecular flexibility index (Phi) is 5.31. The molecule has 3 rings (SSSR count). The van der Waals surface area contributed by atoms with Crippen LogP contribution in [0.5, 0.6) is 5.75 Å². The first-order valence-electron chi connectivity index (χ1n) is 7.24. The van der Waals surface area contributed by atoms with Crippen molar-refractivity contribution in [2.24, 2.45) is 0 Å². The summed E-state index contributed by atoms with van der Waals surface area (Å²) < 4.78 is 18.6. The zero-order chi connectivity index (χ0) is 17.8. The first-order valence-corrected chi connectivity index (χ1v) is 8.15. The van der Waals surface area contributed by atoms with E-state index in [0.717, 1.165) is 5.56 Å². The molecule has 1 N–H and O–H groups in total. The molecular weight excluding hydrogens is 366 g/mol. The summed E-state index contributed by atoms with van der Waals surface area (Å²) in [7, 11) is 1.47. The molecular formula is C17H13Cl2FN4O. The topological polar surface area (TPSA) is 59.9 Å². The van der Waals surface area contributed by atoms with Gasteiger partial charge in [0, 0.05) is 23.6 Å². The average molecular weight is 379 g/mol. The third-order valence-corrected chi connectivity index (χ3v) is 3.87. The number of pyridine rings is 1. The molecule has 2 heterocycles. The number of aromatic nitrogens is 3. The molecule has 1 aromatic carbocycles. The van der Waals surface area contributed by atoms with E-state index in [1.807, 2.05) is 0 Å². The predicted molar refractivity (Wildman–Crippen MR) is 96.1 cm³/mol. The van der Waals surface area contributed by atoms with E-state index >= 15 is 0 Å². The number of hydrogen-bond donors (Lipinski definition) is 1. The van der Waals surface area contributed by atoms with Crippen LogP contribution in [0.4, 0.5) is 16.0 Å². The van der Waals surface area contributed by atoms with Gasteiger partial charge in [-0.25, -0.2) is 19.3 Å².